The number of rotatable bonds is 3. The van der Waals surface area contributed by atoms with Crippen molar-refractivity contribution in [3.8, 4) is 0 Å². The van der Waals surface area contributed by atoms with Crippen LogP contribution < -0.4 is 0 Å². The van der Waals surface area contributed by atoms with Crippen molar-refractivity contribution in [3.05, 3.63) is 35.4 Å². The lowest BCUT2D eigenvalue weighted by molar-refractivity contribution is -0.131. The number of piperidine rings is 1. The van der Waals surface area contributed by atoms with Gasteiger partial charge in [-0.15, -0.1) is 11.6 Å². The molecule has 1 heterocycles. The van der Waals surface area contributed by atoms with Crippen molar-refractivity contribution in [1.82, 2.24) is 4.90 Å². The minimum Gasteiger partial charge on any atom is -0.341 e. The van der Waals surface area contributed by atoms with Crippen molar-refractivity contribution in [2.45, 2.75) is 43.4 Å². The van der Waals surface area contributed by atoms with Crippen LogP contribution >= 0.6 is 11.6 Å². The summed E-state index contributed by atoms with van der Waals surface area (Å²) in [5.74, 6) is 0.821. The summed E-state index contributed by atoms with van der Waals surface area (Å²) < 4.78 is 0. The fraction of sp³-hybridized carbons (Fsp3) is 0.562. The van der Waals surface area contributed by atoms with Gasteiger partial charge in [0.05, 0.1) is 0 Å². The summed E-state index contributed by atoms with van der Waals surface area (Å²) in [5.41, 5.74) is 2.32. The normalized spacial score (nSPS) is 21.2. The highest BCUT2D eigenvalue weighted by Gasteiger charge is 2.26. The van der Waals surface area contributed by atoms with Gasteiger partial charge in [-0.1, -0.05) is 24.3 Å². The Morgan fingerprint density at radius 3 is 2.32 bits per heavy atom. The van der Waals surface area contributed by atoms with Crippen molar-refractivity contribution in [3.63, 3.8) is 0 Å². The van der Waals surface area contributed by atoms with E-state index in [0.717, 1.165) is 37.4 Å². The molecule has 1 unspecified atom stereocenters. The first-order valence-electron chi connectivity index (χ1n) is 7.28. The highest BCUT2D eigenvalue weighted by atomic mass is 35.5. The van der Waals surface area contributed by atoms with Crippen LogP contribution in [0.4, 0.5) is 0 Å². The highest BCUT2D eigenvalue weighted by molar-refractivity contribution is 6.30. The summed E-state index contributed by atoms with van der Waals surface area (Å²) in [6.07, 6.45) is 6.05. The van der Waals surface area contributed by atoms with Gasteiger partial charge >= 0.3 is 0 Å². The minimum atomic E-state index is -0.522. The Morgan fingerprint density at radius 1 is 1.11 bits per heavy atom. The van der Waals surface area contributed by atoms with Gasteiger partial charge in [-0.05, 0) is 49.1 Å². The van der Waals surface area contributed by atoms with E-state index in [9.17, 15) is 4.79 Å². The topological polar surface area (TPSA) is 20.3 Å². The average Bonchev–Trinajstić information content (AvgIpc) is 3.31. The van der Waals surface area contributed by atoms with Crippen molar-refractivity contribution < 1.29 is 4.79 Å². The van der Waals surface area contributed by atoms with Gasteiger partial charge in [-0.3, -0.25) is 4.79 Å². The summed E-state index contributed by atoms with van der Waals surface area (Å²) in [7, 11) is 0. The third-order valence-electron chi connectivity index (χ3n) is 4.16. The molecule has 0 N–H and O–H groups in total. The molecule has 1 saturated heterocycles. The summed E-state index contributed by atoms with van der Waals surface area (Å²) in [6.45, 7) is 1.73. The molecule has 1 aromatic rings. The molecule has 1 aliphatic carbocycles. The number of hydrogen-bond acceptors (Lipinski definition) is 1. The van der Waals surface area contributed by atoms with Gasteiger partial charge in [0.15, 0.2) is 0 Å². The second kappa shape index (κ2) is 5.54. The molecule has 0 aromatic heterocycles. The second-order valence-electron chi connectivity index (χ2n) is 5.69. The Labute approximate surface area is 119 Å². The monoisotopic (exact) mass is 277 g/mol. The Bertz CT molecular complexity index is 446. The van der Waals surface area contributed by atoms with Crippen molar-refractivity contribution in [2.75, 3.05) is 13.1 Å². The standard InChI is InChI=1S/C16H20ClNO/c17-15(16(19)18-10-2-1-3-11-18)14-8-6-13(7-9-14)12-4-5-12/h6-9,12,15H,1-5,10-11H2. The molecule has 1 amide bonds. The molecule has 1 saturated carbocycles. The van der Waals surface area contributed by atoms with Crippen molar-refractivity contribution in [2.24, 2.45) is 0 Å². The number of nitrogens with zero attached hydrogens (tertiary/aromatic N) is 1. The number of alkyl halides is 1. The average molecular weight is 278 g/mol. The van der Waals surface area contributed by atoms with Crippen molar-refractivity contribution in [1.29, 1.82) is 0 Å². The zero-order chi connectivity index (χ0) is 13.2. The Kier molecular flexibility index (Phi) is 3.79. The van der Waals surface area contributed by atoms with E-state index < -0.39 is 5.38 Å². The number of amides is 1. The smallest absolute Gasteiger partial charge is 0.245 e. The molecule has 102 valence electrons. The van der Waals surface area contributed by atoms with Crippen LogP contribution in [0.25, 0.3) is 0 Å². The quantitative estimate of drug-likeness (QED) is 0.769. The number of carbonyl (C=O) groups excluding carboxylic acids is 1. The van der Waals surface area contributed by atoms with E-state index in [2.05, 4.69) is 12.1 Å². The summed E-state index contributed by atoms with van der Waals surface area (Å²) in [5, 5.41) is -0.522. The summed E-state index contributed by atoms with van der Waals surface area (Å²) in [6, 6.07) is 8.30. The molecule has 2 nitrogen and oxygen atoms in total. The molecule has 3 heteroatoms. The van der Waals surface area contributed by atoms with Crippen LogP contribution in [0.3, 0.4) is 0 Å². The second-order valence-corrected chi connectivity index (χ2v) is 6.13. The van der Waals surface area contributed by atoms with E-state index in [-0.39, 0.29) is 5.91 Å². The molecule has 0 bridgehead atoms. The predicted octanol–water partition coefficient (Wildman–Crippen LogP) is 3.86. The molecule has 1 atom stereocenters. The van der Waals surface area contributed by atoms with E-state index in [4.69, 9.17) is 11.6 Å². The molecule has 1 aromatic carbocycles. The summed E-state index contributed by atoms with van der Waals surface area (Å²) >= 11 is 6.35. The van der Waals surface area contributed by atoms with Gasteiger partial charge in [0.25, 0.3) is 0 Å². The van der Waals surface area contributed by atoms with Gasteiger partial charge in [-0.2, -0.15) is 0 Å². The molecule has 1 aliphatic heterocycles. The number of hydrogen-bond donors (Lipinski definition) is 0. The summed E-state index contributed by atoms with van der Waals surface area (Å²) in [4.78, 5) is 14.2. The first kappa shape index (κ1) is 13.0. The molecular weight excluding hydrogens is 258 g/mol. The van der Waals surface area contributed by atoms with Crippen LogP contribution in [0.2, 0.25) is 0 Å². The zero-order valence-corrected chi connectivity index (χ0v) is 11.9. The van der Waals surface area contributed by atoms with Crippen molar-refractivity contribution >= 4 is 17.5 Å². The molecule has 0 radical (unpaired) electrons. The first-order valence-corrected chi connectivity index (χ1v) is 7.72. The number of likely N-dealkylation sites (tertiary alicyclic amines) is 1. The van der Waals surface area contributed by atoms with Gasteiger partial charge in [0, 0.05) is 13.1 Å². The van der Waals surface area contributed by atoms with Gasteiger partial charge in [0.1, 0.15) is 5.38 Å². The molecule has 19 heavy (non-hydrogen) atoms. The lowest BCUT2D eigenvalue weighted by Crippen LogP contribution is -2.37. The third kappa shape index (κ3) is 2.94. The van der Waals surface area contributed by atoms with Gasteiger partial charge in [0.2, 0.25) is 5.91 Å². The van der Waals surface area contributed by atoms with Crippen LogP contribution in [0.15, 0.2) is 24.3 Å². The van der Waals surface area contributed by atoms with E-state index in [1.54, 1.807) is 0 Å². The maximum Gasteiger partial charge on any atom is 0.245 e. The highest BCUT2D eigenvalue weighted by Crippen LogP contribution is 2.40. The third-order valence-corrected chi connectivity index (χ3v) is 4.60. The van der Waals surface area contributed by atoms with E-state index in [1.165, 1.54) is 24.8 Å². The molecule has 2 fully saturated rings. The minimum absolute atomic E-state index is 0.0699. The molecule has 0 spiro atoms. The molecular formula is C16H20ClNO. The van der Waals surface area contributed by atoms with Gasteiger partial charge < -0.3 is 4.90 Å². The van der Waals surface area contributed by atoms with E-state index in [1.807, 2.05) is 17.0 Å². The lowest BCUT2D eigenvalue weighted by atomic mass is 10.0. The van der Waals surface area contributed by atoms with Crippen LogP contribution in [0, 0.1) is 0 Å². The van der Waals surface area contributed by atoms with E-state index >= 15 is 0 Å². The zero-order valence-electron chi connectivity index (χ0n) is 11.1. The number of benzene rings is 1. The van der Waals surface area contributed by atoms with E-state index in [0.29, 0.717) is 0 Å². The van der Waals surface area contributed by atoms with Crippen LogP contribution in [0.5, 0.6) is 0 Å². The van der Waals surface area contributed by atoms with Crippen LogP contribution in [0.1, 0.15) is 54.5 Å². The Morgan fingerprint density at radius 2 is 1.74 bits per heavy atom. The van der Waals surface area contributed by atoms with Crippen LogP contribution in [-0.4, -0.2) is 23.9 Å². The maximum atomic E-state index is 12.3. The molecule has 3 rings (SSSR count). The number of halogens is 1. The number of carbonyl (C=O) groups is 1. The fourth-order valence-electron chi connectivity index (χ4n) is 2.77. The Balaban J connectivity index is 1.67. The lowest BCUT2D eigenvalue weighted by Gasteiger charge is -2.28. The first-order chi connectivity index (χ1) is 9.25. The van der Waals surface area contributed by atoms with Gasteiger partial charge in [-0.25, -0.2) is 0 Å². The van der Waals surface area contributed by atoms with Crippen LogP contribution in [-0.2, 0) is 4.79 Å². The SMILES string of the molecule is O=C(C(Cl)c1ccc(C2CC2)cc1)N1CCCCC1. The molecule has 2 aliphatic rings. The maximum absolute atomic E-state index is 12.3. The predicted molar refractivity (Wildman–Crippen MR) is 77.4 cm³/mol. The fourth-order valence-corrected chi connectivity index (χ4v) is 3.05. The largest absolute Gasteiger partial charge is 0.341 e. The Hall–Kier alpha value is -1.02.